The third-order valence-electron chi connectivity index (χ3n) is 3.49. The van der Waals surface area contributed by atoms with Crippen LogP contribution in [0.3, 0.4) is 0 Å². The van der Waals surface area contributed by atoms with Crippen molar-refractivity contribution in [2.75, 3.05) is 0 Å². The Hall–Kier alpha value is -2.15. The quantitative estimate of drug-likeness (QED) is 0.619. The Morgan fingerprint density at radius 3 is 2.42 bits per heavy atom. The minimum atomic E-state index is 0.523. The smallest absolute Gasteiger partial charge is 0.0708 e. The van der Waals surface area contributed by atoms with Crippen LogP contribution >= 0.6 is 0 Å². The molecule has 0 saturated heterocycles. The van der Waals surface area contributed by atoms with Gasteiger partial charge in [0.25, 0.3) is 0 Å². The molecule has 0 atom stereocenters. The summed E-state index contributed by atoms with van der Waals surface area (Å²) < 4.78 is 0. The van der Waals surface area contributed by atoms with Crippen molar-refractivity contribution in [2.24, 2.45) is 0 Å². The van der Waals surface area contributed by atoms with Gasteiger partial charge in [0, 0.05) is 17.1 Å². The van der Waals surface area contributed by atoms with E-state index in [4.69, 9.17) is 0 Å². The Labute approximate surface area is 113 Å². The largest absolute Gasteiger partial charge is 0.256 e. The zero-order valence-corrected chi connectivity index (χ0v) is 11.3. The van der Waals surface area contributed by atoms with Gasteiger partial charge >= 0.3 is 0 Å². The first-order valence-electron chi connectivity index (χ1n) is 6.70. The first kappa shape index (κ1) is 11.9. The van der Waals surface area contributed by atoms with E-state index >= 15 is 0 Å². The predicted octanol–water partition coefficient (Wildman–Crippen LogP) is 5.03. The van der Waals surface area contributed by atoms with Gasteiger partial charge < -0.3 is 0 Å². The molecule has 0 spiro atoms. The number of benzene rings is 2. The molecule has 94 valence electrons. The molecule has 0 aliphatic heterocycles. The van der Waals surface area contributed by atoms with Gasteiger partial charge in [-0.15, -0.1) is 0 Å². The zero-order valence-electron chi connectivity index (χ0n) is 11.3. The lowest BCUT2D eigenvalue weighted by molar-refractivity contribution is 0.876. The first-order chi connectivity index (χ1) is 9.25. The molecule has 0 unspecified atom stereocenters. The van der Waals surface area contributed by atoms with Gasteiger partial charge in [0.1, 0.15) is 0 Å². The van der Waals surface area contributed by atoms with Crippen LogP contribution in [-0.4, -0.2) is 4.98 Å². The van der Waals surface area contributed by atoms with Crippen LogP contribution in [0.5, 0.6) is 0 Å². The molecule has 0 radical (unpaired) electrons. The highest BCUT2D eigenvalue weighted by Gasteiger charge is 2.07. The molecule has 1 nitrogen and oxygen atoms in total. The van der Waals surface area contributed by atoms with E-state index in [0.717, 1.165) is 5.69 Å². The summed E-state index contributed by atoms with van der Waals surface area (Å²) in [5.41, 5.74) is 3.60. The fourth-order valence-electron chi connectivity index (χ4n) is 2.46. The highest BCUT2D eigenvalue weighted by molar-refractivity contribution is 5.88. The van der Waals surface area contributed by atoms with E-state index in [2.05, 4.69) is 67.4 Å². The number of hydrogen-bond donors (Lipinski definition) is 0. The minimum absolute atomic E-state index is 0.523. The van der Waals surface area contributed by atoms with Gasteiger partial charge in [-0.05, 0) is 22.9 Å². The lowest BCUT2D eigenvalue weighted by atomic mass is 9.96. The van der Waals surface area contributed by atoms with Gasteiger partial charge in [0.15, 0.2) is 0 Å². The normalized spacial score (nSPS) is 11.1. The highest BCUT2D eigenvalue weighted by Crippen LogP contribution is 2.28. The summed E-state index contributed by atoms with van der Waals surface area (Å²) in [6.45, 7) is 4.47. The summed E-state index contributed by atoms with van der Waals surface area (Å²) in [6, 6.07) is 19.0. The van der Waals surface area contributed by atoms with Crippen molar-refractivity contribution in [1.82, 2.24) is 4.98 Å². The van der Waals surface area contributed by atoms with E-state index in [1.54, 1.807) is 0 Å². The standard InChI is InChI=1S/C18H17N/c1-13(2)16-10-6-9-15-12-19-18(11-17(15)16)14-7-4-3-5-8-14/h3-13H,1-2H3. The van der Waals surface area contributed by atoms with Crippen molar-refractivity contribution in [3.05, 3.63) is 66.4 Å². The van der Waals surface area contributed by atoms with Crippen LogP contribution in [0.2, 0.25) is 0 Å². The molecule has 0 aliphatic carbocycles. The third kappa shape index (κ3) is 2.24. The molecule has 3 aromatic rings. The topological polar surface area (TPSA) is 12.9 Å². The van der Waals surface area contributed by atoms with Crippen molar-refractivity contribution >= 4 is 10.8 Å². The molecule has 3 rings (SSSR count). The number of hydrogen-bond acceptors (Lipinski definition) is 1. The Morgan fingerprint density at radius 1 is 0.895 bits per heavy atom. The first-order valence-corrected chi connectivity index (χ1v) is 6.70. The molecule has 0 aliphatic rings. The van der Waals surface area contributed by atoms with E-state index in [9.17, 15) is 0 Å². The third-order valence-corrected chi connectivity index (χ3v) is 3.49. The van der Waals surface area contributed by atoms with Gasteiger partial charge in [0.2, 0.25) is 0 Å². The van der Waals surface area contributed by atoms with Crippen LogP contribution < -0.4 is 0 Å². The molecule has 1 aromatic heterocycles. The minimum Gasteiger partial charge on any atom is -0.256 e. The molecule has 0 bridgehead atoms. The molecule has 0 amide bonds. The molecule has 19 heavy (non-hydrogen) atoms. The Balaban J connectivity index is 2.22. The molecule has 2 aromatic carbocycles. The maximum Gasteiger partial charge on any atom is 0.0708 e. The Morgan fingerprint density at radius 2 is 1.68 bits per heavy atom. The zero-order chi connectivity index (χ0) is 13.2. The average molecular weight is 247 g/mol. The highest BCUT2D eigenvalue weighted by atomic mass is 14.7. The fourth-order valence-corrected chi connectivity index (χ4v) is 2.46. The van der Waals surface area contributed by atoms with E-state index in [1.165, 1.54) is 21.9 Å². The molecule has 1 heterocycles. The molecule has 0 fully saturated rings. The van der Waals surface area contributed by atoms with E-state index in [0.29, 0.717) is 5.92 Å². The summed E-state index contributed by atoms with van der Waals surface area (Å²) in [6.07, 6.45) is 1.98. The molecule has 1 heteroatoms. The summed E-state index contributed by atoms with van der Waals surface area (Å²) in [4.78, 5) is 4.58. The summed E-state index contributed by atoms with van der Waals surface area (Å²) in [7, 11) is 0. The van der Waals surface area contributed by atoms with Crippen LogP contribution in [0.15, 0.2) is 60.8 Å². The Bertz CT molecular complexity index is 699. The number of fused-ring (bicyclic) bond motifs is 1. The van der Waals surface area contributed by atoms with Gasteiger partial charge in [-0.1, -0.05) is 62.4 Å². The van der Waals surface area contributed by atoms with Crippen molar-refractivity contribution in [3.63, 3.8) is 0 Å². The van der Waals surface area contributed by atoms with Crippen LogP contribution in [0, 0.1) is 0 Å². The van der Waals surface area contributed by atoms with Crippen molar-refractivity contribution in [2.45, 2.75) is 19.8 Å². The number of rotatable bonds is 2. The Kier molecular flexibility index (Phi) is 3.04. The molecule has 0 N–H and O–H groups in total. The van der Waals surface area contributed by atoms with Crippen LogP contribution in [0.1, 0.15) is 25.3 Å². The fraction of sp³-hybridized carbons (Fsp3) is 0.167. The molecular weight excluding hydrogens is 230 g/mol. The monoisotopic (exact) mass is 247 g/mol. The average Bonchev–Trinajstić information content (AvgIpc) is 2.47. The van der Waals surface area contributed by atoms with E-state index < -0.39 is 0 Å². The molecule has 0 saturated carbocycles. The number of nitrogens with zero attached hydrogens (tertiary/aromatic N) is 1. The van der Waals surface area contributed by atoms with Crippen LogP contribution in [0.4, 0.5) is 0 Å². The second kappa shape index (κ2) is 4.85. The molecular formula is C18H17N. The predicted molar refractivity (Wildman–Crippen MR) is 81.3 cm³/mol. The second-order valence-electron chi connectivity index (χ2n) is 5.16. The van der Waals surface area contributed by atoms with Crippen LogP contribution in [-0.2, 0) is 0 Å². The SMILES string of the molecule is CC(C)c1cccc2cnc(-c3ccccc3)cc12. The van der Waals surface area contributed by atoms with Gasteiger partial charge in [-0.3, -0.25) is 4.98 Å². The summed E-state index contributed by atoms with van der Waals surface area (Å²) in [5, 5.41) is 2.53. The summed E-state index contributed by atoms with van der Waals surface area (Å²) in [5.74, 6) is 0.523. The van der Waals surface area contributed by atoms with Gasteiger partial charge in [-0.25, -0.2) is 0 Å². The van der Waals surface area contributed by atoms with Crippen molar-refractivity contribution in [3.8, 4) is 11.3 Å². The van der Waals surface area contributed by atoms with Gasteiger partial charge in [0.05, 0.1) is 5.69 Å². The van der Waals surface area contributed by atoms with E-state index in [1.807, 2.05) is 12.3 Å². The van der Waals surface area contributed by atoms with Gasteiger partial charge in [-0.2, -0.15) is 0 Å². The maximum absolute atomic E-state index is 4.58. The second-order valence-corrected chi connectivity index (χ2v) is 5.16. The van der Waals surface area contributed by atoms with E-state index in [-0.39, 0.29) is 0 Å². The van der Waals surface area contributed by atoms with Crippen molar-refractivity contribution < 1.29 is 0 Å². The number of aromatic nitrogens is 1. The van der Waals surface area contributed by atoms with Crippen molar-refractivity contribution in [1.29, 1.82) is 0 Å². The number of pyridine rings is 1. The summed E-state index contributed by atoms with van der Waals surface area (Å²) >= 11 is 0. The lowest BCUT2D eigenvalue weighted by Gasteiger charge is -2.11. The lowest BCUT2D eigenvalue weighted by Crippen LogP contribution is -1.91. The maximum atomic E-state index is 4.58. The van der Waals surface area contributed by atoms with Crippen LogP contribution in [0.25, 0.3) is 22.0 Å².